The first-order chi connectivity index (χ1) is 12.7. The van der Waals surface area contributed by atoms with Crippen LogP contribution < -0.4 is 0 Å². The van der Waals surface area contributed by atoms with Crippen molar-refractivity contribution >= 4 is 23.9 Å². The van der Waals surface area contributed by atoms with E-state index in [1.807, 2.05) is 0 Å². The monoisotopic (exact) mass is 372 g/mol. The number of hydrogen-bond donors (Lipinski definition) is 4. The minimum Gasteiger partial charge on any atom is -0.478 e. The van der Waals surface area contributed by atoms with Crippen LogP contribution in [0.15, 0.2) is 36.4 Å². The van der Waals surface area contributed by atoms with Crippen molar-refractivity contribution in [1.82, 2.24) is 0 Å². The molecule has 0 aromatic heterocycles. The van der Waals surface area contributed by atoms with E-state index in [9.17, 15) is 29.4 Å². The number of hydrogen-bond acceptors (Lipinski definition) is 4. The Balaban J connectivity index is 2.60. The molecule has 0 unspecified atom stereocenters. The summed E-state index contributed by atoms with van der Waals surface area (Å²) < 4.78 is 0. The van der Waals surface area contributed by atoms with Crippen LogP contribution in [-0.4, -0.2) is 44.3 Å². The molecule has 0 saturated carbocycles. The number of carboxylic acids is 4. The second-order valence-corrected chi connectivity index (χ2v) is 5.79. The van der Waals surface area contributed by atoms with Gasteiger partial charge in [0.25, 0.3) is 0 Å². The number of benzene rings is 2. The smallest absolute Gasteiger partial charge is 0.336 e. The normalized spacial score (nSPS) is 10.6. The molecular formula is C19H16O8. The third-order valence-corrected chi connectivity index (χ3v) is 4.22. The Hall–Kier alpha value is -3.68. The van der Waals surface area contributed by atoms with E-state index < -0.39 is 29.8 Å². The van der Waals surface area contributed by atoms with E-state index in [0.29, 0.717) is 17.5 Å². The maximum atomic E-state index is 11.4. The van der Waals surface area contributed by atoms with Gasteiger partial charge in [-0.3, -0.25) is 0 Å². The molecule has 4 N–H and O–H groups in total. The number of rotatable bonds is 7. The lowest BCUT2D eigenvalue weighted by Gasteiger charge is -2.18. The van der Waals surface area contributed by atoms with Gasteiger partial charge in [0, 0.05) is 5.92 Å². The molecule has 0 amide bonds. The average molecular weight is 372 g/mol. The maximum absolute atomic E-state index is 11.4. The molecule has 0 aliphatic heterocycles. The van der Waals surface area contributed by atoms with Crippen LogP contribution in [0, 0.1) is 0 Å². The molecule has 0 spiro atoms. The second kappa shape index (κ2) is 7.69. The molecular weight excluding hydrogens is 356 g/mol. The van der Waals surface area contributed by atoms with Gasteiger partial charge in [0.1, 0.15) is 0 Å². The lowest BCUT2D eigenvalue weighted by molar-refractivity contribution is 0.0651. The van der Waals surface area contributed by atoms with Gasteiger partial charge in [0.15, 0.2) is 0 Å². The molecule has 27 heavy (non-hydrogen) atoms. The Bertz CT molecular complexity index is 869. The van der Waals surface area contributed by atoms with Crippen molar-refractivity contribution in [2.24, 2.45) is 0 Å². The van der Waals surface area contributed by atoms with Crippen LogP contribution in [0.4, 0.5) is 0 Å². The van der Waals surface area contributed by atoms with E-state index in [2.05, 4.69) is 0 Å². The average Bonchev–Trinajstić information content (AvgIpc) is 2.61. The molecule has 0 radical (unpaired) electrons. The van der Waals surface area contributed by atoms with E-state index in [-0.39, 0.29) is 22.3 Å². The minimum absolute atomic E-state index is 0.353. The molecule has 0 saturated heterocycles. The summed E-state index contributed by atoms with van der Waals surface area (Å²) in [7, 11) is 0. The maximum Gasteiger partial charge on any atom is 0.336 e. The Morgan fingerprint density at radius 1 is 0.667 bits per heavy atom. The standard InChI is InChI=1S/C19H16O8/c1-2-11(9-3-5-12(16(20)21)14(7-9)18(24)25)10-4-6-13(17(22)23)15(8-10)19(26)27/h3-8,11H,2H2,1H3,(H,20,21)(H,22,23)(H,24,25)(H,26,27). The van der Waals surface area contributed by atoms with E-state index in [1.54, 1.807) is 6.92 Å². The first-order valence-corrected chi connectivity index (χ1v) is 7.88. The molecule has 0 heterocycles. The van der Waals surface area contributed by atoms with Crippen molar-refractivity contribution in [2.45, 2.75) is 19.3 Å². The summed E-state index contributed by atoms with van der Waals surface area (Å²) in [6.45, 7) is 1.79. The SMILES string of the molecule is CCC(c1ccc(C(=O)O)c(C(=O)O)c1)c1ccc(C(=O)O)c(C(=O)O)c1. The molecule has 0 fully saturated rings. The molecule has 0 aliphatic rings. The van der Waals surface area contributed by atoms with Crippen LogP contribution in [0.25, 0.3) is 0 Å². The topological polar surface area (TPSA) is 149 Å². The highest BCUT2D eigenvalue weighted by atomic mass is 16.4. The first kappa shape index (κ1) is 19.6. The van der Waals surface area contributed by atoms with E-state index >= 15 is 0 Å². The molecule has 2 rings (SSSR count). The lowest BCUT2D eigenvalue weighted by atomic mass is 9.86. The number of aromatic carboxylic acids is 4. The van der Waals surface area contributed by atoms with Crippen LogP contribution >= 0.6 is 0 Å². The zero-order valence-corrected chi connectivity index (χ0v) is 14.2. The fraction of sp³-hybridized carbons (Fsp3) is 0.158. The van der Waals surface area contributed by atoms with Crippen molar-refractivity contribution in [3.05, 3.63) is 69.8 Å². The first-order valence-electron chi connectivity index (χ1n) is 7.88. The third-order valence-electron chi connectivity index (χ3n) is 4.22. The molecule has 2 aromatic carbocycles. The Labute approximate surface area is 153 Å². The summed E-state index contributed by atoms with van der Waals surface area (Å²) in [5.41, 5.74) is -0.487. The van der Waals surface area contributed by atoms with Crippen molar-refractivity contribution in [3.8, 4) is 0 Å². The lowest BCUT2D eigenvalue weighted by Crippen LogP contribution is -2.12. The molecule has 8 nitrogen and oxygen atoms in total. The van der Waals surface area contributed by atoms with Crippen LogP contribution in [0.3, 0.4) is 0 Å². The predicted octanol–water partition coefficient (Wildman–Crippen LogP) is 3.02. The van der Waals surface area contributed by atoms with Crippen LogP contribution in [0.1, 0.15) is 71.8 Å². The van der Waals surface area contributed by atoms with Crippen LogP contribution in [0.2, 0.25) is 0 Å². The van der Waals surface area contributed by atoms with Gasteiger partial charge in [-0.15, -0.1) is 0 Å². The van der Waals surface area contributed by atoms with Gasteiger partial charge in [0.2, 0.25) is 0 Å². The third kappa shape index (κ3) is 3.95. The van der Waals surface area contributed by atoms with E-state index in [1.165, 1.54) is 36.4 Å². The zero-order valence-electron chi connectivity index (χ0n) is 14.2. The van der Waals surface area contributed by atoms with Gasteiger partial charge in [-0.2, -0.15) is 0 Å². The summed E-state index contributed by atoms with van der Waals surface area (Å²) in [6.07, 6.45) is 0.455. The van der Waals surface area contributed by atoms with Gasteiger partial charge < -0.3 is 20.4 Å². The molecule has 140 valence electrons. The second-order valence-electron chi connectivity index (χ2n) is 5.79. The molecule has 0 atom stereocenters. The predicted molar refractivity (Wildman–Crippen MR) is 92.9 cm³/mol. The van der Waals surface area contributed by atoms with Gasteiger partial charge in [0.05, 0.1) is 22.3 Å². The van der Waals surface area contributed by atoms with Crippen molar-refractivity contribution in [3.63, 3.8) is 0 Å². The molecule has 0 aliphatic carbocycles. The summed E-state index contributed by atoms with van der Waals surface area (Å²) >= 11 is 0. The van der Waals surface area contributed by atoms with Crippen LogP contribution in [-0.2, 0) is 0 Å². The van der Waals surface area contributed by atoms with E-state index in [0.717, 1.165) is 0 Å². The Kier molecular flexibility index (Phi) is 5.60. The molecule has 8 heteroatoms. The van der Waals surface area contributed by atoms with Gasteiger partial charge in [-0.05, 0) is 41.8 Å². The van der Waals surface area contributed by atoms with Crippen molar-refractivity contribution < 1.29 is 39.6 Å². The fourth-order valence-corrected chi connectivity index (χ4v) is 2.95. The summed E-state index contributed by atoms with van der Waals surface area (Å²) in [5, 5.41) is 36.8. The van der Waals surface area contributed by atoms with Crippen molar-refractivity contribution in [2.75, 3.05) is 0 Å². The van der Waals surface area contributed by atoms with Gasteiger partial charge >= 0.3 is 23.9 Å². The highest BCUT2D eigenvalue weighted by molar-refractivity contribution is 6.02. The summed E-state index contributed by atoms with van der Waals surface area (Å²) in [4.78, 5) is 45.1. The van der Waals surface area contributed by atoms with Gasteiger partial charge in [-0.1, -0.05) is 19.1 Å². The largest absolute Gasteiger partial charge is 0.478 e. The Morgan fingerprint density at radius 2 is 1.00 bits per heavy atom. The number of carbonyl (C=O) groups is 4. The van der Waals surface area contributed by atoms with Crippen molar-refractivity contribution in [1.29, 1.82) is 0 Å². The summed E-state index contributed by atoms with van der Waals surface area (Å²) in [6, 6.07) is 7.79. The zero-order chi connectivity index (χ0) is 20.3. The van der Waals surface area contributed by atoms with Crippen LogP contribution in [0.5, 0.6) is 0 Å². The fourth-order valence-electron chi connectivity index (χ4n) is 2.95. The van der Waals surface area contributed by atoms with Gasteiger partial charge in [-0.25, -0.2) is 19.2 Å². The minimum atomic E-state index is -1.39. The molecule has 0 bridgehead atoms. The Morgan fingerprint density at radius 3 is 1.26 bits per heavy atom. The quantitative estimate of drug-likeness (QED) is 0.579. The summed E-state index contributed by atoms with van der Waals surface area (Å²) in [5.74, 6) is -5.96. The molecule has 2 aromatic rings. The number of carboxylic acid groups (broad SMARTS) is 4. The van der Waals surface area contributed by atoms with E-state index in [4.69, 9.17) is 10.2 Å². The highest BCUT2D eigenvalue weighted by Crippen LogP contribution is 2.31. The highest BCUT2D eigenvalue weighted by Gasteiger charge is 2.22.